The van der Waals surface area contributed by atoms with Crippen LogP contribution in [0.5, 0.6) is 11.5 Å². The monoisotopic (exact) mass is 520 g/mol. The van der Waals surface area contributed by atoms with Crippen molar-refractivity contribution in [3.05, 3.63) is 80.8 Å². The van der Waals surface area contributed by atoms with Gasteiger partial charge in [-0.2, -0.15) is 5.10 Å². The van der Waals surface area contributed by atoms with Gasteiger partial charge in [-0.25, -0.2) is 14.6 Å². The third kappa shape index (κ3) is 3.87. The minimum Gasteiger partial charge on any atom is -0.454 e. The molecule has 0 bridgehead atoms. The third-order valence-corrected chi connectivity index (χ3v) is 6.61. The van der Waals surface area contributed by atoms with E-state index in [1.807, 2.05) is 6.07 Å². The van der Waals surface area contributed by atoms with E-state index < -0.39 is 10.8 Å². The fraction of sp³-hybridized carbons (Fsp3) is 0.0435. The molecule has 178 valence electrons. The number of halogens is 1. The van der Waals surface area contributed by atoms with E-state index in [4.69, 9.17) is 26.1 Å². The van der Waals surface area contributed by atoms with Crippen LogP contribution >= 0.6 is 22.9 Å². The molecule has 0 fully saturated rings. The van der Waals surface area contributed by atoms with Gasteiger partial charge in [-0.1, -0.05) is 29.0 Å². The van der Waals surface area contributed by atoms with Crippen LogP contribution in [0.15, 0.2) is 60.8 Å². The van der Waals surface area contributed by atoms with Gasteiger partial charge in [0.1, 0.15) is 5.82 Å². The van der Waals surface area contributed by atoms with Crippen molar-refractivity contribution in [2.75, 3.05) is 12.1 Å². The van der Waals surface area contributed by atoms with Gasteiger partial charge in [0.25, 0.3) is 5.91 Å². The first-order valence-electron chi connectivity index (χ1n) is 10.4. The highest BCUT2D eigenvalue weighted by atomic mass is 35.5. The molecule has 11 nitrogen and oxygen atoms in total. The lowest BCUT2D eigenvalue weighted by Gasteiger charge is -2.09. The first kappa shape index (κ1) is 21.9. The summed E-state index contributed by atoms with van der Waals surface area (Å²) in [7, 11) is 0. The van der Waals surface area contributed by atoms with Crippen molar-refractivity contribution >= 4 is 50.7 Å². The molecular formula is C23H13ClN6O5S. The summed E-state index contributed by atoms with van der Waals surface area (Å²) in [5.74, 6) is 1.12. The van der Waals surface area contributed by atoms with Crippen molar-refractivity contribution in [2.45, 2.75) is 0 Å². The maximum Gasteiger partial charge on any atom is 0.324 e. The predicted octanol–water partition coefficient (Wildman–Crippen LogP) is 5.09. The molecule has 0 aliphatic carbocycles. The molecule has 3 aromatic heterocycles. The SMILES string of the molecule is O=C(Nc1nc(-c2ccc3c(c2)OCO3)nc2c1cnn2-c1cccc(Cl)c1)c1ccc([N+](=O)[O-])s1. The Labute approximate surface area is 211 Å². The zero-order valence-electron chi connectivity index (χ0n) is 18.0. The summed E-state index contributed by atoms with van der Waals surface area (Å²) in [5, 5.41) is 19.1. The van der Waals surface area contributed by atoms with Crippen LogP contribution < -0.4 is 14.8 Å². The highest BCUT2D eigenvalue weighted by Gasteiger charge is 2.21. The molecule has 1 amide bonds. The second-order valence-electron chi connectivity index (χ2n) is 7.59. The Morgan fingerprint density at radius 3 is 2.78 bits per heavy atom. The summed E-state index contributed by atoms with van der Waals surface area (Å²) in [6.07, 6.45) is 1.53. The zero-order valence-corrected chi connectivity index (χ0v) is 19.6. The molecule has 13 heteroatoms. The minimum atomic E-state index is -0.545. The van der Waals surface area contributed by atoms with Crippen LogP contribution in [0.1, 0.15) is 9.67 Å². The summed E-state index contributed by atoms with van der Waals surface area (Å²) >= 11 is 6.95. The van der Waals surface area contributed by atoms with Gasteiger partial charge in [0.2, 0.25) is 6.79 Å². The second-order valence-corrected chi connectivity index (χ2v) is 9.09. The van der Waals surface area contributed by atoms with Gasteiger partial charge in [0, 0.05) is 16.7 Å². The van der Waals surface area contributed by atoms with Crippen LogP contribution in [-0.2, 0) is 0 Å². The summed E-state index contributed by atoms with van der Waals surface area (Å²) in [4.78, 5) is 32.9. The van der Waals surface area contributed by atoms with Crippen LogP contribution in [0.4, 0.5) is 10.8 Å². The number of thiophene rings is 1. The van der Waals surface area contributed by atoms with Gasteiger partial charge in [-0.3, -0.25) is 14.9 Å². The lowest BCUT2D eigenvalue weighted by atomic mass is 10.2. The number of ether oxygens (including phenoxy) is 2. The molecule has 1 aliphatic heterocycles. The normalized spacial score (nSPS) is 12.1. The molecule has 1 N–H and O–H groups in total. The van der Waals surface area contributed by atoms with Crippen molar-refractivity contribution in [1.82, 2.24) is 19.7 Å². The first-order chi connectivity index (χ1) is 17.5. The van der Waals surface area contributed by atoms with Crippen molar-refractivity contribution in [1.29, 1.82) is 0 Å². The number of carbonyl (C=O) groups excluding carboxylic acids is 1. The second kappa shape index (κ2) is 8.59. The Bertz CT molecular complexity index is 1680. The maximum absolute atomic E-state index is 13.0. The predicted molar refractivity (Wildman–Crippen MR) is 132 cm³/mol. The fourth-order valence-corrected chi connectivity index (χ4v) is 4.58. The van der Waals surface area contributed by atoms with Crippen LogP contribution in [-0.4, -0.2) is 37.4 Å². The van der Waals surface area contributed by atoms with Gasteiger partial charge >= 0.3 is 5.00 Å². The van der Waals surface area contributed by atoms with Crippen LogP contribution in [0, 0.1) is 10.1 Å². The van der Waals surface area contributed by atoms with Crippen molar-refractivity contribution in [3.63, 3.8) is 0 Å². The van der Waals surface area contributed by atoms with Gasteiger partial charge < -0.3 is 14.8 Å². The molecule has 0 spiro atoms. The number of nitro groups is 1. The van der Waals surface area contributed by atoms with Gasteiger partial charge in [-0.15, -0.1) is 0 Å². The first-order valence-corrected chi connectivity index (χ1v) is 11.6. The Kier molecular flexibility index (Phi) is 5.24. The number of nitrogens with one attached hydrogen (secondary N) is 1. The molecule has 0 saturated carbocycles. The number of aromatic nitrogens is 4. The number of hydrogen-bond donors (Lipinski definition) is 1. The lowest BCUT2D eigenvalue weighted by Crippen LogP contribution is -2.12. The number of hydrogen-bond acceptors (Lipinski definition) is 9. The fourth-order valence-electron chi connectivity index (χ4n) is 3.68. The Morgan fingerprint density at radius 1 is 1.11 bits per heavy atom. The summed E-state index contributed by atoms with van der Waals surface area (Å²) in [6.45, 7) is 0.120. The number of nitrogens with zero attached hydrogens (tertiary/aromatic N) is 5. The number of carbonyl (C=O) groups is 1. The molecule has 4 heterocycles. The smallest absolute Gasteiger partial charge is 0.324 e. The summed E-state index contributed by atoms with van der Waals surface area (Å²) < 4.78 is 12.5. The number of fused-ring (bicyclic) bond motifs is 2. The highest BCUT2D eigenvalue weighted by Crippen LogP contribution is 2.36. The average Bonchev–Trinajstić information content (AvgIpc) is 3.63. The molecule has 1 aliphatic rings. The molecule has 0 saturated heterocycles. The Balaban J connectivity index is 1.48. The van der Waals surface area contributed by atoms with Gasteiger partial charge in [0.05, 0.1) is 27.1 Å². The number of benzene rings is 2. The molecule has 5 aromatic rings. The molecule has 0 radical (unpaired) electrons. The quantitative estimate of drug-likeness (QED) is 0.250. The summed E-state index contributed by atoms with van der Waals surface area (Å²) in [6, 6.07) is 15.1. The molecule has 2 aromatic carbocycles. The van der Waals surface area contributed by atoms with Crippen molar-refractivity contribution in [3.8, 4) is 28.6 Å². The molecule has 0 atom stereocenters. The maximum atomic E-state index is 13.0. The van der Waals surface area contributed by atoms with E-state index in [1.54, 1.807) is 41.1 Å². The van der Waals surface area contributed by atoms with Crippen molar-refractivity contribution < 1.29 is 19.2 Å². The van der Waals surface area contributed by atoms with Gasteiger partial charge in [-0.05, 0) is 42.5 Å². The Morgan fingerprint density at radius 2 is 1.97 bits per heavy atom. The number of amides is 1. The third-order valence-electron chi connectivity index (χ3n) is 5.34. The molecule has 0 unspecified atom stereocenters. The lowest BCUT2D eigenvalue weighted by molar-refractivity contribution is -0.380. The number of rotatable bonds is 5. The van der Waals surface area contributed by atoms with Gasteiger partial charge in [0.15, 0.2) is 23.0 Å². The van der Waals surface area contributed by atoms with E-state index in [0.717, 1.165) is 11.3 Å². The topological polar surface area (TPSA) is 134 Å². The van der Waals surface area contributed by atoms with E-state index >= 15 is 0 Å². The van der Waals surface area contributed by atoms with E-state index in [0.29, 0.717) is 44.6 Å². The van der Waals surface area contributed by atoms with E-state index in [-0.39, 0.29) is 22.5 Å². The molecular weight excluding hydrogens is 508 g/mol. The van der Waals surface area contributed by atoms with Crippen LogP contribution in [0.3, 0.4) is 0 Å². The largest absolute Gasteiger partial charge is 0.454 e. The van der Waals surface area contributed by atoms with E-state index in [1.165, 1.54) is 18.3 Å². The van der Waals surface area contributed by atoms with Crippen LogP contribution in [0.2, 0.25) is 5.02 Å². The average molecular weight is 521 g/mol. The molecule has 36 heavy (non-hydrogen) atoms. The molecule has 6 rings (SSSR count). The number of anilines is 1. The minimum absolute atomic E-state index is 0.120. The van der Waals surface area contributed by atoms with E-state index in [9.17, 15) is 14.9 Å². The van der Waals surface area contributed by atoms with E-state index in [2.05, 4.69) is 15.4 Å². The highest BCUT2D eigenvalue weighted by molar-refractivity contribution is 7.17. The zero-order chi connectivity index (χ0) is 24.8. The van der Waals surface area contributed by atoms with Crippen molar-refractivity contribution in [2.24, 2.45) is 0 Å². The standard InChI is InChI=1S/C23H13ClN6O5S/c24-13-2-1-3-14(9-13)29-22-15(10-25-29)21(28-23(31)18-6-7-19(36-18)30(32)33)26-20(27-22)12-4-5-16-17(8-12)35-11-34-16/h1-10H,11H2,(H,26,27,28,31). The Hall–Kier alpha value is -4.55. The summed E-state index contributed by atoms with van der Waals surface area (Å²) in [5.41, 5.74) is 1.72. The van der Waals surface area contributed by atoms with Crippen LogP contribution in [0.25, 0.3) is 28.1 Å².